The van der Waals surface area contributed by atoms with Gasteiger partial charge in [0.2, 0.25) is 15.9 Å². The normalized spacial score (nSPS) is 23.6. The molecule has 0 radical (unpaired) electrons. The second-order valence-corrected chi connectivity index (χ2v) is 10.9. The molecule has 6 nitrogen and oxygen atoms in total. The van der Waals surface area contributed by atoms with Gasteiger partial charge in [-0.1, -0.05) is 18.6 Å². The Morgan fingerprint density at radius 2 is 1.87 bits per heavy atom. The van der Waals surface area contributed by atoms with Crippen LogP contribution in [0.1, 0.15) is 44.1 Å². The van der Waals surface area contributed by atoms with Crippen LogP contribution < -0.4 is 0 Å². The first-order chi connectivity index (χ1) is 14.4. The Morgan fingerprint density at radius 3 is 2.57 bits per heavy atom. The van der Waals surface area contributed by atoms with E-state index < -0.39 is 15.8 Å². The number of hydrogen-bond donors (Lipinski definition) is 0. The Balaban J connectivity index is 1.39. The Labute approximate surface area is 179 Å². The third kappa shape index (κ3) is 5.39. The average Bonchev–Trinajstić information content (AvgIpc) is 3.45. The topological polar surface area (TPSA) is 60.9 Å². The molecule has 0 aromatic heterocycles. The van der Waals surface area contributed by atoms with Gasteiger partial charge in [0.25, 0.3) is 0 Å². The standard InChI is InChI=1S/C22H32FN3O3S/c23-20-6-4-5-18(15-20)17-30(28,29)25-12-9-21(16-25)26(22(27)19-7-8-19)14-13-24-10-2-1-3-11-24/h4-6,15,19,21H,1-3,7-14,16-17H2. The fourth-order valence-electron chi connectivity index (χ4n) is 4.62. The van der Waals surface area contributed by atoms with Crippen LogP contribution in [0.15, 0.2) is 24.3 Å². The van der Waals surface area contributed by atoms with Crippen LogP contribution in [0, 0.1) is 11.7 Å². The number of benzene rings is 1. The van der Waals surface area contributed by atoms with E-state index in [0.717, 1.165) is 32.5 Å². The first kappa shape index (κ1) is 21.7. The van der Waals surface area contributed by atoms with E-state index in [0.29, 0.717) is 31.6 Å². The molecule has 1 aliphatic carbocycles. The zero-order valence-electron chi connectivity index (χ0n) is 17.5. The van der Waals surface area contributed by atoms with Crippen LogP contribution in [0.5, 0.6) is 0 Å². The number of halogens is 1. The second kappa shape index (κ2) is 9.32. The van der Waals surface area contributed by atoms with Crippen molar-refractivity contribution in [3.05, 3.63) is 35.6 Å². The number of likely N-dealkylation sites (tertiary alicyclic amines) is 1. The molecule has 1 aromatic rings. The fraction of sp³-hybridized carbons (Fsp3) is 0.682. The van der Waals surface area contributed by atoms with Gasteiger partial charge in [0, 0.05) is 38.1 Å². The van der Waals surface area contributed by atoms with Crippen LogP contribution in [-0.4, -0.2) is 73.7 Å². The summed E-state index contributed by atoms with van der Waals surface area (Å²) in [5.74, 6) is -0.312. The smallest absolute Gasteiger partial charge is 0.226 e. The van der Waals surface area contributed by atoms with Crippen molar-refractivity contribution >= 4 is 15.9 Å². The second-order valence-electron chi connectivity index (χ2n) is 8.89. The van der Waals surface area contributed by atoms with Crippen LogP contribution in [0.3, 0.4) is 0 Å². The maximum atomic E-state index is 13.4. The molecule has 166 valence electrons. The van der Waals surface area contributed by atoms with E-state index in [1.807, 2.05) is 4.90 Å². The number of amides is 1. The van der Waals surface area contributed by atoms with Gasteiger partial charge in [0.1, 0.15) is 5.82 Å². The quantitative estimate of drug-likeness (QED) is 0.627. The minimum atomic E-state index is -3.54. The summed E-state index contributed by atoms with van der Waals surface area (Å²) < 4.78 is 40.7. The summed E-state index contributed by atoms with van der Waals surface area (Å²) in [6.45, 7) is 4.48. The van der Waals surface area contributed by atoms with Crippen LogP contribution in [0.25, 0.3) is 0 Å². The van der Waals surface area contributed by atoms with E-state index >= 15 is 0 Å². The molecule has 2 heterocycles. The summed E-state index contributed by atoms with van der Waals surface area (Å²) in [4.78, 5) is 17.3. The summed E-state index contributed by atoms with van der Waals surface area (Å²) in [6, 6.07) is 5.68. The Hall–Kier alpha value is -1.51. The van der Waals surface area contributed by atoms with Gasteiger partial charge in [-0.2, -0.15) is 4.31 Å². The summed E-state index contributed by atoms with van der Waals surface area (Å²) in [7, 11) is -3.54. The lowest BCUT2D eigenvalue weighted by atomic mass is 10.1. The molecule has 3 fully saturated rings. The number of hydrogen-bond acceptors (Lipinski definition) is 4. The molecule has 4 rings (SSSR count). The number of rotatable bonds is 8. The van der Waals surface area contributed by atoms with Crippen molar-refractivity contribution in [1.82, 2.24) is 14.1 Å². The maximum Gasteiger partial charge on any atom is 0.226 e. The molecule has 30 heavy (non-hydrogen) atoms. The highest BCUT2D eigenvalue weighted by atomic mass is 32.2. The Kier molecular flexibility index (Phi) is 6.75. The molecule has 0 N–H and O–H groups in total. The van der Waals surface area contributed by atoms with Crippen LogP contribution in [0.4, 0.5) is 4.39 Å². The molecule has 3 aliphatic rings. The number of carbonyl (C=O) groups is 1. The Bertz CT molecular complexity index is 853. The van der Waals surface area contributed by atoms with Crippen molar-refractivity contribution in [2.75, 3.05) is 39.3 Å². The third-order valence-corrected chi connectivity index (χ3v) is 8.33. The molecular formula is C22H32FN3O3S. The zero-order chi connectivity index (χ0) is 21.1. The van der Waals surface area contributed by atoms with E-state index in [-0.39, 0.29) is 23.6 Å². The maximum absolute atomic E-state index is 13.4. The van der Waals surface area contributed by atoms with Gasteiger partial charge >= 0.3 is 0 Å². The van der Waals surface area contributed by atoms with Crippen molar-refractivity contribution in [3.8, 4) is 0 Å². The number of carbonyl (C=O) groups excluding carboxylic acids is 1. The molecule has 8 heteroatoms. The van der Waals surface area contributed by atoms with E-state index in [4.69, 9.17) is 0 Å². The highest BCUT2D eigenvalue weighted by Crippen LogP contribution is 2.33. The van der Waals surface area contributed by atoms with Gasteiger partial charge in [-0.15, -0.1) is 0 Å². The molecule has 2 saturated heterocycles. The van der Waals surface area contributed by atoms with Crippen molar-refractivity contribution < 1.29 is 17.6 Å². The number of nitrogens with zero attached hydrogens (tertiary/aromatic N) is 3. The Morgan fingerprint density at radius 1 is 1.10 bits per heavy atom. The lowest BCUT2D eigenvalue weighted by molar-refractivity contribution is -0.135. The fourth-order valence-corrected chi connectivity index (χ4v) is 6.18. The van der Waals surface area contributed by atoms with E-state index in [1.54, 1.807) is 6.07 Å². The number of piperidine rings is 1. The minimum absolute atomic E-state index is 0.0647. The van der Waals surface area contributed by atoms with Crippen LogP contribution >= 0.6 is 0 Å². The first-order valence-corrected chi connectivity index (χ1v) is 12.8. The molecule has 2 aliphatic heterocycles. The number of sulfonamides is 1. The van der Waals surface area contributed by atoms with Gasteiger partial charge in [0.05, 0.1) is 5.75 Å². The average molecular weight is 438 g/mol. The lowest BCUT2D eigenvalue weighted by Gasteiger charge is -2.33. The van der Waals surface area contributed by atoms with Crippen molar-refractivity contribution in [2.45, 2.75) is 50.3 Å². The summed E-state index contributed by atoms with van der Waals surface area (Å²) in [5.41, 5.74) is 0.453. The summed E-state index contributed by atoms with van der Waals surface area (Å²) in [6.07, 6.45) is 6.28. The van der Waals surface area contributed by atoms with E-state index in [1.165, 1.54) is 41.8 Å². The monoisotopic (exact) mass is 437 g/mol. The summed E-state index contributed by atoms with van der Waals surface area (Å²) >= 11 is 0. The molecule has 0 bridgehead atoms. The van der Waals surface area contributed by atoms with Crippen molar-refractivity contribution in [1.29, 1.82) is 0 Å². The van der Waals surface area contributed by atoms with Crippen molar-refractivity contribution in [2.24, 2.45) is 5.92 Å². The highest BCUT2D eigenvalue weighted by molar-refractivity contribution is 7.88. The van der Waals surface area contributed by atoms with Gasteiger partial charge in [0.15, 0.2) is 0 Å². The van der Waals surface area contributed by atoms with Gasteiger partial charge in [-0.3, -0.25) is 4.79 Å². The van der Waals surface area contributed by atoms with E-state index in [9.17, 15) is 17.6 Å². The van der Waals surface area contributed by atoms with Crippen molar-refractivity contribution in [3.63, 3.8) is 0 Å². The molecule has 1 saturated carbocycles. The van der Waals surface area contributed by atoms with Crippen LogP contribution in [-0.2, 0) is 20.6 Å². The highest BCUT2D eigenvalue weighted by Gasteiger charge is 2.40. The van der Waals surface area contributed by atoms with E-state index in [2.05, 4.69) is 4.90 Å². The molecular weight excluding hydrogens is 405 g/mol. The molecule has 0 spiro atoms. The summed E-state index contributed by atoms with van der Waals surface area (Å²) in [5, 5.41) is 0. The lowest BCUT2D eigenvalue weighted by Crippen LogP contribution is -2.47. The largest absolute Gasteiger partial charge is 0.337 e. The molecule has 1 atom stereocenters. The molecule has 1 aromatic carbocycles. The van der Waals surface area contributed by atoms with Gasteiger partial charge in [-0.25, -0.2) is 12.8 Å². The first-order valence-electron chi connectivity index (χ1n) is 11.2. The predicted octanol–water partition coefficient (Wildman–Crippen LogP) is 2.45. The van der Waals surface area contributed by atoms with Gasteiger partial charge < -0.3 is 9.80 Å². The SMILES string of the molecule is O=C(C1CC1)N(CCN1CCCCC1)C1CCN(S(=O)(=O)Cc2cccc(F)c2)C1. The molecule has 1 unspecified atom stereocenters. The van der Waals surface area contributed by atoms with Crippen LogP contribution in [0.2, 0.25) is 0 Å². The minimum Gasteiger partial charge on any atom is -0.337 e. The predicted molar refractivity (Wildman–Crippen MR) is 114 cm³/mol. The zero-order valence-corrected chi connectivity index (χ0v) is 18.3. The third-order valence-electron chi connectivity index (χ3n) is 6.51. The van der Waals surface area contributed by atoms with Gasteiger partial charge in [-0.05, 0) is 62.9 Å². The molecule has 1 amide bonds.